The van der Waals surface area contributed by atoms with Gasteiger partial charge in [0.15, 0.2) is 5.78 Å². The van der Waals surface area contributed by atoms with Gasteiger partial charge >= 0.3 is 6.03 Å². The Labute approximate surface area is 106 Å². The van der Waals surface area contributed by atoms with Crippen LogP contribution in [0.25, 0.3) is 0 Å². The number of nitrogens with one attached hydrogen (secondary N) is 1. The van der Waals surface area contributed by atoms with E-state index in [0.717, 1.165) is 5.56 Å². The van der Waals surface area contributed by atoms with Gasteiger partial charge in [0.2, 0.25) is 0 Å². The second-order valence-corrected chi connectivity index (χ2v) is 4.33. The van der Waals surface area contributed by atoms with Crippen LogP contribution in [0.3, 0.4) is 0 Å². The van der Waals surface area contributed by atoms with Crippen LogP contribution in [-0.2, 0) is 0 Å². The number of nitrogens with zero attached hydrogens (tertiary/aromatic N) is 3. The Bertz CT molecular complexity index is 515. The molecule has 0 spiro atoms. The van der Waals surface area contributed by atoms with Crippen LogP contribution in [0.5, 0.6) is 0 Å². The van der Waals surface area contributed by atoms with Crippen molar-refractivity contribution in [3.05, 3.63) is 29.3 Å². The van der Waals surface area contributed by atoms with E-state index in [1.807, 2.05) is 13.0 Å². The minimum atomic E-state index is -0.193. The standard InChI is InChI=1S/C12H16N4O2/c1-8-5-6-10(9(2)17)7-11(8)16-12(18)14(3)13-15(16)4/h5-7,13H,1-4H3. The topological polar surface area (TPSA) is 55.9 Å². The normalized spacial score (nSPS) is 16.6. The van der Waals surface area contributed by atoms with E-state index in [0.29, 0.717) is 11.3 Å². The maximum absolute atomic E-state index is 12.0. The Morgan fingerprint density at radius 3 is 2.44 bits per heavy atom. The first kappa shape index (κ1) is 12.5. The van der Waals surface area contributed by atoms with Crippen molar-refractivity contribution in [3.8, 4) is 0 Å². The van der Waals surface area contributed by atoms with Crippen molar-refractivity contribution in [2.75, 3.05) is 19.1 Å². The average Bonchev–Trinajstić information content (AvgIpc) is 2.54. The van der Waals surface area contributed by atoms with Gasteiger partial charge in [0.05, 0.1) is 5.69 Å². The second kappa shape index (κ2) is 4.40. The molecule has 6 heteroatoms. The van der Waals surface area contributed by atoms with Gasteiger partial charge < -0.3 is 0 Å². The number of Topliss-reactive ketones (excluding diaryl/α,β-unsaturated/α-hetero) is 1. The van der Waals surface area contributed by atoms with E-state index in [2.05, 4.69) is 5.53 Å². The quantitative estimate of drug-likeness (QED) is 0.802. The summed E-state index contributed by atoms with van der Waals surface area (Å²) in [6.45, 7) is 3.41. The summed E-state index contributed by atoms with van der Waals surface area (Å²) < 4.78 is 0. The lowest BCUT2D eigenvalue weighted by Crippen LogP contribution is -2.40. The predicted octanol–water partition coefficient (Wildman–Crippen LogP) is 1.34. The third kappa shape index (κ3) is 1.96. The Morgan fingerprint density at radius 1 is 1.28 bits per heavy atom. The van der Waals surface area contributed by atoms with Gasteiger partial charge in [-0.2, -0.15) is 0 Å². The predicted molar refractivity (Wildman–Crippen MR) is 67.7 cm³/mol. The number of hydrogen-bond donors (Lipinski definition) is 1. The summed E-state index contributed by atoms with van der Waals surface area (Å²) in [4.78, 5) is 23.4. The second-order valence-electron chi connectivity index (χ2n) is 4.33. The van der Waals surface area contributed by atoms with Crippen LogP contribution < -0.4 is 10.5 Å². The summed E-state index contributed by atoms with van der Waals surface area (Å²) in [5, 5.41) is 4.44. The number of hydrogen-bond acceptors (Lipinski definition) is 4. The van der Waals surface area contributed by atoms with E-state index in [1.165, 1.54) is 16.9 Å². The van der Waals surface area contributed by atoms with Crippen molar-refractivity contribution in [2.45, 2.75) is 13.8 Å². The summed E-state index contributed by atoms with van der Waals surface area (Å²) in [6, 6.07) is 5.14. The molecule has 1 N–H and O–H groups in total. The average molecular weight is 248 g/mol. The van der Waals surface area contributed by atoms with E-state index in [1.54, 1.807) is 31.3 Å². The van der Waals surface area contributed by atoms with Gasteiger partial charge in [-0.25, -0.2) is 14.8 Å². The maximum Gasteiger partial charge on any atom is 0.355 e. The molecular weight excluding hydrogens is 232 g/mol. The fourth-order valence-electron chi connectivity index (χ4n) is 1.90. The number of carbonyl (C=O) groups excluding carboxylic acids is 2. The highest BCUT2D eigenvalue weighted by Gasteiger charge is 2.33. The van der Waals surface area contributed by atoms with Crippen LogP contribution >= 0.6 is 0 Å². The van der Waals surface area contributed by atoms with Gasteiger partial charge in [0.25, 0.3) is 0 Å². The molecule has 0 atom stereocenters. The van der Waals surface area contributed by atoms with E-state index in [4.69, 9.17) is 0 Å². The van der Waals surface area contributed by atoms with Crippen LogP contribution in [0.1, 0.15) is 22.8 Å². The molecule has 1 fully saturated rings. The summed E-state index contributed by atoms with van der Waals surface area (Å²) in [5.74, 6) is -0.0214. The monoisotopic (exact) mass is 248 g/mol. The first-order valence-electron chi connectivity index (χ1n) is 5.61. The van der Waals surface area contributed by atoms with Crippen LogP contribution in [0.4, 0.5) is 10.5 Å². The molecule has 1 saturated heterocycles. The Kier molecular flexibility index (Phi) is 3.06. The molecule has 1 heterocycles. The zero-order chi connectivity index (χ0) is 13.4. The minimum Gasteiger partial charge on any atom is -0.295 e. The molecule has 0 saturated carbocycles. The summed E-state index contributed by atoms with van der Waals surface area (Å²) in [5.41, 5.74) is 5.07. The van der Waals surface area contributed by atoms with E-state index in [-0.39, 0.29) is 11.8 Å². The van der Waals surface area contributed by atoms with Gasteiger partial charge in [-0.15, -0.1) is 10.7 Å². The molecule has 6 nitrogen and oxygen atoms in total. The minimum absolute atomic E-state index is 0.0214. The molecule has 18 heavy (non-hydrogen) atoms. The van der Waals surface area contributed by atoms with E-state index < -0.39 is 0 Å². The highest BCUT2D eigenvalue weighted by atomic mass is 16.2. The molecule has 0 aliphatic carbocycles. The maximum atomic E-state index is 12.0. The van der Waals surface area contributed by atoms with Crippen molar-refractivity contribution in [1.82, 2.24) is 15.7 Å². The van der Waals surface area contributed by atoms with Crippen LogP contribution in [0.15, 0.2) is 18.2 Å². The fourth-order valence-corrected chi connectivity index (χ4v) is 1.90. The number of carbonyl (C=O) groups is 2. The molecule has 0 bridgehead atoms. The lowest BCUT2D eigenvalue weighted by atomic mass is 10.1. The molecule has 0 radical (unpaired) electrons. The Morgan fingerprint density at radius 2 is 1.94 bits per heavy atom. The zero-order valence-corrected chi connectivity index (χ0v) is 10.9. The van der Waals surface area contributed by atoms with Crippen molar-refractivity contribution in [3.63, 3.8) is 0 Å². The molecule has 2 rings (SSSR count). The Hall–Kier alpha value is -1.92. The molecule has 1 aliphatic rings. The number of hydrazine groups is 3. The highest BCUT2D eigenvalue weighted by Crippen LogP contribution is 2.25. The molecular formula is C12H16N4O2. The van der Waals surface area contributed by atoms with Crippen molar-refractivity contribution < 1.29 is 9.59 Å². The molecule has 1 aliphatic heterocycles. The number of ketones is 1. The lowest BCUT2D eigenvalue weighted by molar-refractivity contribution is 0.101. The summed E-state index contributed by atoms with van der Waals surface area (Å²) in [6.07, 6.45) is 0. The van der Waals surface area contributed by atoms with Crippen LogP contribution in [0.2, 0.25) is 0 Å². The largest absolute Gasteiger partial charge is 0.355 e. The first-order valence-corrected chi connectivity index (χ1v) is 5.61. The Balaban J connectivity index is 2.47. The first-order chi connectivity index (χ1) is 8.41. The number of rotatable bonds is 2. The van der Waals surface area contributed by atoms with E-state index >= 15 is 0 Å². The van der Waals surface area contributed by atoms with Crippen molar-refractivity contribution >= 4 is 17.5 Å². The van der Waals surface area contributed by atoms with Gasteiger partial charge in [-0.1, -0.05) is 12.1 Å². The number of anilines is 1. The number of benzene rings is 1. The van der Waals surface area contributed by atoms with Gasteiger partial charge in [-0.3, -0.25) is 4.79 Å². The SMILES string of the molecule is CC(=O)c1ccc(C)c(N2C(=O)N(C)NN2C)c1. The number of aryl methyl sites for hydroxylation is 1. The smallest absolute Gasteiger partial charge is 0.295 e. The highest BCUT2D eigenvalue weighted by molar-refractivity contribution is 5.98. The molecule has 96 valence electrons. The zero-order valence-electron chi connectivity index (χ0n) is 10.9. The van der Waals surface area contributed by atoms with E-state index in [9.17, 15) is 9.59 Å². The molecule has 1 aromatic rings. The molecule has 0 aromatic heterocycles. The summed E-state index contributed by atoms with van der Waals surface area (Å²) in [7, 11) is 3.38. The van der Waals surface area contributed by atoms with Crippen LogP contribution in [-0.4, -0.2) is 36.0 Å². The lowest BCUT2D eigenvalue weighted by Gasteiger charge is -2.23. The van der Waals surface area contributed by atoms with Gasteiger partial charge in [0, 0.05) is 19.7 Å². The fraction of sp³-hybridized carbons (Fsp3) is 0.333. The van der Waals surface area contributed by atoms with Gasteiger partial charge in [-0.05, 0) is 25.5 Å². The molecule has 2 amide bonds. The number of amides is 2. The number of urea groups is 1. The van der Waals surface area contributed by atoms with Crippen molar-refractivity contribution in [2.24, 2.45) is 0 Å². The van der Waals surface area contributed by atoms with Gasteiger partial charge in [0.1, 0.15) is 0 Å². The molecule has 0 unspecified atom stereocenters. The van der Waals surface area contributed by atoms with Crippen LogP contribution in [0, 0.1) is 6.92 Å². The summed E-state index contributed by atoms with van der Waals surface area (Å²) >= 11 is 0. The third-order valence-electron chi connectivity index (χ3n) is 2.91. The molecule has 1 aromatic carbocycles. The third-order valence-corrected chi connectivity index (χ3v) is 2.91. The van der Waals surface area contributed by atoms with Crippen molar-refractivity contribution in [1.29, 1.82) is 0 Å².